The lowest BCUT2D eigenvalue weighted by molar-refractivity contribution is -0.184. The van der Waals surface area contributed by atoms with Crippen molar-refractivity contribution in [2.45, 2.75) is 31.9 Å². The highest BCUT2D eigenvalue weighted by Gasteiger charge is 2.41. The van der Waals surface area contributed by atoms with Crippen LogP contribution in [0.15, 0.2) is 16.7 Å². The highest BCUT2D eigenvalue weighted by atomic mass is 79.9. The van der Waals surface area contributed by atoms with Crippen LogP contribution in [0.2, 0.25) is 5.15 Å². The number of rotatable bonds is 3. The van der Waals surface area contributed by atoms with Crippen molar-refractivity contribution >= 4 is 27.5 Å². The average Bonchev–Trinajstić information content (AvgIpc) is 2.39. The van der Waals surface area contributed by atoms with Gasteiger partial charge in [0.1, 0.15) is 10.9 Å². The molecule has 1 fully saturated rings. The normalized spacial score (nSPS) is 23.6. The number of aromatic nitrogens is 1. The third kappa shape index (κ3) is 4.25. The number of hydrogen-bond donors (Lipinski definition) is 0. The van der Waals surface area contributed by atoms with Crippen LogP contribution in [0.3, 0.4) is 0 Å². The van der Waals surface area contributed by atoms with Crippen molar-refractivity contribution in [3.63, 3.8) is 0 Å². The maximum atomic E-state index is 12.6. The molecule has 0 atom stereocenters. The monoisotopic (exact) mass is 371 g/mol. The van der Waals surface area contributed by atoms with Crippen molar-refractivity contribution in [3.8, 4) is 5.75 Å². The van der Waals surface area contributed by atoms with Crippen LogP contribution in [0.25, 0.3) is 0 Å². The Kier molecular flexibility index (Phi) is 5.18. The van der Waals surface area contributed by atoms with Gasteiger partial charge in [-0.25, -0.2) is 4.98 Å². The predicted molar refractivity (Wildman–Crippen MR) is 73.9 cm³/mol. The highest BCUT2D eigenvalue weighted by Crippen LogP contribution is 2.39. The van der Waals surface area contributed by atoms with Gasteiger partial charge in [-0.3, -0.25) is 0 Å². The summed E-state index contributed by atoms with van der Waals surface area (Å²) < 4.78 is 44.0. The van der Waals surface area contributed by atoms with Gasteiger partial charge in [-0.2, -0.15) is 13.2 Å². The number of nitrogens with zero attached hydrogens (tertiary/aromatic N) is 1. The van der Waals surface area contributed by atoms with Crippen LogP contribution < -0.4 is 4.74 Å². The second-order valence-electron chi connectivity index (χ2n) is 5.01. The molecule has 0 unspecified atom stereocenters. The molecule has 20 heavy (non-hydrogen) atoms. The summed E-state index contributed by atoms with van der Waals surface area (Å²) in [5, 5.41) is 0.323. The zero-order valence-corrected chi connectivity index (χ0v) is 12.9. The zero-order chi connectivity index (χ0) is 14.8. The van der Waals surface area contributed by atoms with Crippen molar-refractivity contribution in [1.29, 1.82) is 0 Å². The van der Waals surface area contributed by atoms with Gasteiger partial charge in [0, 0.05) is 12.3 Å². The molecule has 0 spiro atoms. The topological polar surface area (TPSA) is 22.1 Å². The van der Waals surface area contributed by atoms with E-state index in [1.807, 2.05) is 0 Å². The van der Waals surface area contributed by atoms with Gasteiger partial charge in [0.15, 0.2) is 0 Å². The molecule has 1 aromatic rings. The van der Waals surface area contributed by atoms with Gasteiger partial charge in [-0.15, -0.1) is 0 Å². The minimum atomic E-state index is -4.06. The van der Waals surface area contributed by atoms with Gasteiger partial charge in [0.2, 0.25) is 0 Å². The Morgan fingerprint density at radius 3 is 2.55 bits per heavy atom. The number of ether oxygens (including phenoxy) is 1. The van der Waals surface area contributed by atoms with E-state index in [4.69, 9.17) is 16.3 Å². The third-order valence-corrected chi connectivity index (χ3v) is 4.37. The van der Waals surface area contributed by atoms with Crippen LogP contribution in [0.5, 0.6) is 5.75 Å². The van der Waals surface area contributed by atoms with Crippen molar-refractivity contribution < 1.29 is 17.9 Å². The van der Waals surface area contributed by atoms with Gasteiger partial charge in [0.05, 0.1) is 17.0 Å². The van der Waals surface area contributed by atoms with Crippen molar-refractivity contribution in [3.05, 3.63) is 21.9 Å². The standard InChI is InChI=1S/C13H14BrClF3NO/c14-10-6-19-12(15)5-11(10)20-7-8-1-3-9(4-2-8)13(16,17)18/h5-6,8-9H,1-4,7H2/t8-,9-. The summed E-state index contributed by atoms with van der Waals surface area (Å²) in [6.07, 6.45) is -1.06. The molecule has 0 N–H and O–H groups in total. The molecule has 1 aliphatic rings. The van der Waals surface area contributed by atoms with Gasteiger partial charge in [-0.1, -0.05) is 11.6 Å². The first kappa shape index (κ1) is 15.9. The summed E-state index contributed by atoms with van der Waals surface area (Å²) in [5.74, 6) is -0.420. The number of alkyl halides is 3. The molecule has 112 valence electrons. The molecule has 1 aromatic heterocycles. The van der Waals surface area contributed by atoms with E-state index in [0.717, 1.165) is 0 Å². The second kappa shape index (κ2) is 6.52. The maximum Gasteiger partial charge on any atom is 0.391 e. The van der Waals surface area contributed by atoms with Crippen molar-refractivity contribution in [2.24, 2.45) is 11.8 Å². The Labute approximate surface area is 128 Å². The number of halogens is 5. The minimum absolute atomic E-state index is 0.160. The van der Waals surface area contributed by atoms with E-state index >= 15 is 0 Å². The molecule has 1 saturated carbocycles. The van der Waals surface area contributed by atoms with Crippen LogP contribution in [0.4, 0.5) is 13.2 Å². The first-order valence-electron chi connectivity index (χ1n) is 6.37. The lowest BCUT2D eigenvalue weighted by atomic mass is 9.82. The van der Waals surface area contributed by atoms with E-state index in [-0.39, 0.29) is 18.8 Å². The molecule has 1 heterocycles. The second-order valence-corrected chi connectivity index (χ2v) is 6.25. The van der Waals surface area contributed by atoms with E-state index in [1.54, 1.807) is 6.07 Å². The molecule has 0 amide bonds. The molecular weight excluding hydrogens is 358 g/mol. The number of hydrogen-bond acceptors (Lipinski definition) is 2. The summed E-state index contributed by atoms with van der Waals surface area (Å²) in [6.45, 7) is 0.406. The average molecular weight is 373 g/mol. The molecule has 1 aliphatic carbocycles. The third-order valence-electron chi connectivity index (χ3n) is 3.57. The van der Waals surface area contributed by atoms with E-state index in [2.05, 4.69) is 20.9 Å². The van der Waals surface area contributed by atoms with E-state index in [1.165, 1.54) is 6.20 Å². The molecule has 2 rings (SSSR count). The van der Waals surface area contributed by atoms with E-state index in [9.17, 15) is 13.2 Å². The Balaban J connectivity index is 1.83. The molecule has 0 saturated heterocycles. The lowest BCUT2D eigenvalue weighted by Crippen LogP contribution is -2.29. The smallest absolute Gasteiger partial charge is 0.391 e. The van der Waals surface area contributed by atoms with E-state index < -0.39 is 12.1 Å². The maximum absolute atomic E-state index is 12.6. The molecule has 0 bridgehead atoms. The molecule has 0 aromatic carbocycles. The van der Waals surface area contributed by atoms with Crippen LogP contribution in [0.1, 0.15) is 25.7 Å². The largest absolute Gasteiger partial charge is 0.492 e. The summed E-state index contributed by atoms with van der Waals surface area (Å²) in [4.78, 5) is 3.88. The van der Waals surface area contributed by atoms with Crippen LogP contribution in [-0.2, 0) is 0 Å². The van der Waals surface area contributed by atoms with Crippen molar-refractivity contribution in [1.82, 2.24) is 4.98 Å². The Morgan fingerprint density at radius 1 is 1.30 bits per heavy atom. The molecule has 2 nitrogen and oxygen atoms in total. The van der Waals surface area contributed by atoms with Crippen LogP contribution in [-0.4, -0.2) is 17.8 Å². The predicted octanol–water partition coefficient (Wildman–Crippen LogP) is 5.25. The van der Waals surface area contributed by atoms with E-state index in [0.29, 0.717) is 34.8 Å². The first-order valence-corrected chi connectivity index (χ1v) is 7.54. The minimum Gasteiger partial charge on any atom is -0.492 e. The Morgan fingerprint density at radius 2 is 1.95 bits per heavy atom. The molecular formula is C13H14BrClF3NO. The quantitative estimate of drug-likeness (QED) is 0.677. The highest BCUT2D eigenvalue weighted by molar-refractivity contribution is 9.10. The Bertz CT molecular complexity index is 461. The molecule has 7 heteroatoms. The SMILES string of the molecule is FC(F)(F)[C@H]1CC[C@H](COc2cc(Cl)ncc2Br)CC1. The first-order chi connectivity index (χ1) is 9.36. The van der Waals surface area contributed by atoms with Crippen LogP contribution >= 0.6 is 27.5 Å². The fourth-order valence-electron chi connectivity index (χ4n) is 2.37. The summed E-state index contributed by atoms with van der Waals surface area (Å²) >= 11 is 9.07. The van der Waals surface area contributed by atoms with Crippen molar-refractivity contribution in [2.75, 3.05) is 6.61 Å². The Hall–Kier alpha value is -0.490. The van der Waals surface area contributed by atoms with Crippen LogP contribution in [0, 0.1) is 11.8 Å². The fraction of sp³-hybridized carbons (Fsp3) is 0.615. The summed E-state index contributed by atoms with van der Waals surface area (Å²) in [5.41, 5.74) is 0. The van der Waals surface area contributed by atoms with Gasteiger partial charge in [0.25, 0.3) is 0 Å². The van der Waals surface area contributed by atoms with Gasteiger partial charge >= 0.3 is 6.18 Å². The lowest BCUT2D eigenvalue weighted by Gasteiger charge is -2.29. The fourth-order valence-corrected chi connectivity index (χ4v) is 2.85. The summed E-state index contributed by atoms with van der Waals surface area (Å²) in [6, 6.07) is 1.59. The molecule has 0 radical (unpaired) electrons. The van der Waals surface area contributed by atoms with Gasteiger partial charge in [-0.05, 0) is 47.5 Å². The summed E-state index contributed by atoms with van der Waals surface area (Å²) in [7, 11) is 0. The molecule has 0 aliphatic heterocycles. The van der Waals surface area contributed by atoms with Gasteiger partial charge < -0.3 is 4.74 Å². The zero-order valence-electron chi connectivity index (χ0n) is 10.6. The number of pyridine rings is 1.